The second-order valence-electron chi connectivity index (χ2n) is 11.6. The van der Waals surface area contributed by atoms with E-state index in [4.69, 9.17) is 0 Å². The number of pyridine rings is 1. The van der Waals surface area contributed by atoms with Gasteiger partial charge >= 0.3 is 0 Å². The molecule has 5 rings (SSSR count). The van der Waals surface area contributed by atoms with Gasteiger partial charge in [0.25, 0.3) is 11.8 Å². The zero-order valence-corrected chi connectivity index (χ0v) is 27.5. The number of aromatic hydroxyl groups is 1. The Morgan fingerprint density at radius 2 is 1.75 bits per heavy atom. The summed E-state index contributed by atoms with van der Waals surface area (Å²) in [6.45, 7) is 14.1. The van der Waals surface area contributed by atoms with Crippen molar-refractivity contribution >= 4 is 17.7 Å². The second-order valence-corrected chi connectivity index (χ2v) is 11.6. The lowest BCUT2D eigenvalue weighted by atomic mass is 9.82. The van der Waals surface area contributed by atoms with Gasteiger partial charge in [0.15, 0.2) is 17.3 Å². The Kier molecular flexibility index (Phi) is 13.1. The summed E-state index contributed by atoms with van der Waals surface area (Å²) in [6.07, 6.45) is 5.91. The molecule has 3 aliphatic rings. The fraction of sp³-hybridized carbons (Fsp3) is 0.576. The van der Waals surface area contributed by atoms with Crippen LogP contribution in [-0.2, 0) is 16.8 Å². The molecule has 3 atom stereocenters. The van der Waals surface area contributed by atoms with Gasteiger partial charge in [-0.05, 0) is 44.6 Å². The number of aromatic nitrogens is 1. The van der Waals surface area contributed by atoms with Crippen LogP contribution in [0.4, 0.5) is 8.78 Å². The predicted molar refractivity (Wildman–Crippen MR) is 168 cm³/mol. The lowest BCUT2D eigenvalue weighted by molar-refractivity contribution is 0.0454. The number of amides is 2. The van der Waals surface area contributed by atoms with Gasteiger partial charge in [-0.1, -0.05) is 46.6 Å². The highest BCUT2D eigenvalue weighted by Gasteiger charge is 2.48. The SMILES string of the molecule is CC.CC1CC1.CC1CCC(C)C2(C)CN1C(=O)c1c(O)c(=O)c(C(=O)NCc3ccc(F)cc3F)cn12.CN=C(C)OC. The molecule has 9 nitrogen and oxygen atoms in total. The maximum atomic E-state index is 13.9. The van der Waals surface area contributed by atoms with E-state index in [1.807, 2.05) is 34.6 Å². The molecular formula is C33H48F2N4O5. The van der Waals surface area contributed by atoms with E-state index >= 15 is 0 Å². The quantitative estimate of drug-likeness (QED) is 0.330. The molecule has 2 bridgehead atoms. The van der Waals surface area contributed by atoms with E-state index in [2.05, 4.69) is 22.0 Å². The number of carbonyl (C=O) groups is 2. The van der Waals surface area contributed by atoms with Crippen LogP contribution in [0, 0.1) is 23.5 Å². The standard InChI is InChI=1S/C23H25F2N3O4.C4H9NO.C4H8.C2H6/c1-12-4-5-13(2)27-11-23(12,3)28-10-16(19(29)20(30)18(28)22(27)32)21(31)26-9-14-6-7-15(24)8-17(14)25;1-4(5-2)6-3;1-4-2-3-4;1-2/h6-8,10,12-13,30H,4-5,9,11H2,1-3H3,(H,26,31);1-3H3;4H,2-3H2,1H3;1-2H3. The summed E-state index contributed by atoms with van der Waals surface area (Å²) >= 11 is 0. The Balaban J connectivity index is 0.000000476. The first-order valence-electron chi connectivity index (χ1n) is 15.2. The van der Waals surface area contributed by atoms with Gasteiger partial charge in [-0.3, -0.25) is 19.4 Å². The van der Waals surface area contributed by atoms with E-state index in [1.165, 1.54) is 25.1 Å². The van der Waals surface area contributed by atoms with Crippen LogP contribution < -0.4 is 10.7 Å². The Bertz CT molecular complexity index is 1410. The summed E-state index contributed by atoms with van der Waals surface area (Å²) in [5.74, 6) is -1.70. The van der Waals surface area contributed by atoms with E-state index in [0.29, 0.717) is 12.6 Å². The zero-order valence-electron chi connectivity index (χ0n) is 27.5. The molecule has 1 aliphatic carbocycles. The van der Waals surface area contributed by atoms with Gasteiger partial charge < -0.3 is 24.6 Å². The fourth-order valence-corrected chi connectivity index (χ4v) is 4.90. The van der Waals surface area contributed by atoms with Gasteiger partial charge in [-0.15, -0.1) is 0 Å². The first-order chi connectivity index (χ1) is 20.7. The fourth-order valence-electron chi connectivity index (χ4n) is 4.90. The number of aliphatic imine (C=N–C) groups is 1. The van der Waals surface area contributed by atoms with E-state index in [0.717, 1.165) is 30.7 Å². The molecule has 2 amide bonds. The van der Waals surface area contributed by atoms with Crippen molar-refractivity contribution in [2.24, 2.45) is 16.8 Å². The summed E-state index contributed by atoms with van der Waals surface area (Å²) in [5, 5.41) is 13.1. The molecule has 244 valence electrons. The smallest absolute Gasteiger partial charge is 0.274 e. The number of rotatable bonds is 3. The van der Waals surface area contributed by atoms with Crippen LogP contribution in [0.2, 0.25) is 0 Å². The molecule has 44 heavy (non-hydrogen) atoms. The molecule has 2 N–H and O–H groups in total. The van der Waals surface area contributed by atoms with Crippen LogP contribution in [-0.4, -0.2) is 59.0 Å². The third kappa shape index (κ3) is 8.45. The maximum Gasteiger partial charge on any atom is 0.274 e. The van der Waals surface area contributed by atoms with E-state index < -0.39 is 40.2 Å². The van der Waals surface area contributed by atoms with Crippen LogP contribution in [0.25, 0.3) is 0 Å². The maximum absolute atomic E-state index is 13.9. The Labute approximate surface area is 259 Å². The zero-order chi connectivity index (χ0) is 33.4. The number of fused-ring (bicyclic) bond motifs is 4. The number of hydrogen-bond acceptors (Lipinski definition) is 6. The third-order valence-electron chi connectivity index (χ3n) is 8.47. The van der Waals surface area contributed by atoms with Gasteiger partial charge in [-0.2, -0.15) is 0 Å². The third-order valence-corrected chi connectivity index (χ3v) is 8.47. The highest BCUT2D eigenvalue weighted by Crippen LogP contribution is 2.41. The monoisotopic (exact) mass is 618 g/mol. The van der Waals surface area contributed by atoms with Crippen molar-refractivity contribution in [3.8, 4) is 5.75 Å². The molecular weight excluding hydrogens is 570 g/mol. The minimum absolute atomic E-state index is 0.0383. The highest BCUT2D eigenvalue weighted by atomic mass is 19.1. The van der Waals surface area contributed by atoms with E-state index in [-0.39, 0.29) is 35.3 Å². The van der Waals surface area contributed by atoms with E-state index in [9.17, 15) is 28.3 Å². The van der Waals surface area contributed by atoms with Crippen molar-refractivity contribution in [3.63, 3.8) is 0 Å². The molecule has 3 unspecified atom stereocenters. The molecule has 0 radical (unpaired) electrons. The summed E-state index contributed by atoms with van der Waals surface area (Å²) < 4.78 is 33.2. The largest absolute Gasteiger partial charge is 0.503 e. The normalized spacial score (nSPS) is 22.0. The van der Waals surface area contributed by atoms with Crippen molar-refractivity contribution < 1.29 is 28.2 Å². The summed E-state index contributed by atoms with van der Waals surface area (Å²) in [5.41, 5.74) is -2.01. The first-order valence-corrected chi connectivity index (χ1v) is 15.2. The average molecular weight is 619 g/mol. The number of hydrogen-bond donors (Lipinski definition) is 2. The number of carbonyl (C=O) groups excluding carboxylic acids is 2. The molecule has 1 saturated heterocycles. The van der Waals surface area contributed by atoms with Gasteiger partial charge in [0.1, 0.15) is 17.2 Å². The Morgan fingerprint density at radius 1 is 1.14 bits per heavy atom. The molecule has 2 aliphatic heterocycles. The number of benzene rings is 1. The first kappa shape index (κ1) is 36.4. The number of methoxy groups -OCH3 is 1. The number of nitrogens with zero attached hydrogens (tertiary/aromatic N) is 3. The van der Waals surface area contributed by atoms with Gasteiger partial charge in [0.2, 0.25) is 5.43 Å². The Morgan fingerprint density at radius 3 is 2.25 bits per heavy atom. The van der Waals surface area contributed by atoms with Crippen molar-refractivity contribution in [2.75, 3.05) is 20.7 Å². The number of ether oxygens (including phenoxy) is 1. The van der Waals surface area contributed by atoms with Crippen molar-refractivity contribution in [1.29, 1.82) is 0 Å². The predicted octanol–water partition coefficient (Wildman–Crippen LogP) is 5.88. The van der Waals surface area contributed by atoms with Crippen molar-refractivity contribution in [2.45, 2.75) is 92.3 Å². The summed E-state index contributed by atoms with van der Waals surface area (Å²) in [6, 6.07) is 2.93. The van der Waals surface area contributed by atoms with E-state index in [1.54, 1.807) is 30.5 Å². The van der Waals surface area contributed by atoms with Gasteiger partial charge in [0.05, 0.1) is 12.6 Å². The summed E-state index contributed by atoms with van der Waals surface area (Å²) in [7, 11) is 3.29. The molecule has 1 aromatic carbocycles. The molecule has 2 aromatic rings. The lowest BCUT2D eigenvalue weighted by Crippen LogP contribution is -2.56. The average Bonchev–Trinajstić information content (AvgIpc) is 3.81. The van der Waals surface area contributed by atoms with Crippen LogP contribution >= 0.6 is 0 Å². The van der Waals surface area contributed by atoms with Crippen LogP contribution in [0.5, 0.6) is 5.75 Å². The molecule has 2 fully saturated rings. The minimum Gasteiger partial charge on any atom is -0.503 e. The van der Waals surface area contributed by atoms with Gasteiger partial charge in [0, 0.05) is 50.9 Å². The van der Waals surface area contributed by atoms with Crippen molar-refractivity contribution in [1.82, 2.24) is 14.8 Å². The van der Waals surface area contributed by atoms with Gasteiger partial charge in [-0.25, -0.2) is 8.78 Å². The molecule has 3 heterocycles. The molecule has 1 saturated carbocycles. The molecule has 0 spiro atoms. The highest BCUT2D eigenvalue weighted by molar-refractivity contribution is 5.99. The number of nitrogens with one attached hydrogen (secondary N) is 1. The van der Waals surface area contributed by atoms with Crippen LogP contribution in [0.3, 0.4) is 0 Å². The van der Waals surface area contributed by atoms with Crippen LogP contribution in [0.1, 0.15) is 101 Å². The topological polar surface area (TPSA) is 113 Å². The summed E-state index contributed by atoms with van der Waals surface area (Å²) in [4.78, 5) is 44.1. The lowest BCUT2D eigenvalue weighted by Gasteiger charge is -2.46. The second kappa shape index (κ2) is 15.8. The molecule has 11 heteroatoms. The Hall–Kier alpha value is -3.76. The molecule has 1 aromatic heterocycles. The van der Waals surface area contributed by atoms with Crippen molar-refractivity contribution in [3.05, 3.63) is 63.1 Å². The number of halogens is 2. The van der Waals surface area contributed by atoms with Crippen LogP contribution in [0.15, 0.2) is 34.2 Å². The minimum atomic E-state index is -0.967.